The number of aromatic amines is 1. The molecule has 1 aromatic heterocycles. The van der Waals surface area contributed by atoms with Gasteiger partial charge in [0, 0.05) is 16.1 Å². The van der Waals surface area contributed by atoms with Gasteiger partial charge in [-0.2, -0.15) is 5.10 Å². The van der Waals surface area contributed by atoms with E-state index in [4.69, 9.17) is 11.6 Å². The number of esters is 1. The number of aromatic nitrogens is 2. The van der Waals surface area contributed by atoms with E-state index in [0.717, 1.165) is 12.7 Å². The van der Waals surface area contributed by atoms with E-state index in [9.17, 15) is 15.0 Å². The molecule has 1 aromatic carbocycles. The van der Waals surface area contributed by atoms with Crippen LogP contribution in [0.3, 0.4) is 0 Å². The normalized spacial score (nSPS) is 13.8. The zero-order valence-corrected chi connectivity index (χ0v) is 11.3. The number of aliphatic hydroxyl groups is 2. The molecule has 2 atom stereocenters. The molecule has 0 aliphatic heterocycles. The average Bonchev–Trinajstić information content (AvgIpc) is 2.95. The molecule has 0 aliphatic rings. The molecule has 0 spiro atoms. The van der Waals surface area contributed by atoms with Gasteiger partial charge in [-0.1, -0.05) is 23.7 Å². The van der Waals surface area contributed by atoms with Crippen LogP contribution in [0.1, 0.15) is 11.7 Å². The standard InChI is InChI=1S/C13H13ClN2O4/c1-20-13(19)12(18)11(17)9-6-15-16-10(9)7-2-4-8(14)5-3-7/h2-6,11-12,17-18H,1H3,(H,15,16). The maximum Gasteiger partial charge on any atom is 0.337 e. The zero-order valence-electron chi connectivity index (χ0n) is 10.6. The Morgan fingerprint density at radius 1 is 1.35 bits per heavy atom. The van der Waals surface area contributed by atoms with E-state index < -0.39 is 18.2 Å². The van der Waals surface area contributed by atoms with Gasteiger partial charge in [0.15, 0.2) is 6.10 Å². The summed E-state index contributed by atoms with van der Waals surface area (Å²) in [6, 6.07) is 6.84. The van der Waals surface area contributed by atoms with E-state index in [1.165, 1.54) is 6.20 Å². The van der Waals surface area contributed by atoms with Gasteiger partial charge in [-0.3, -0.25) is 5.10 Å². The molecule has 20 heavy (non-hydrogen) atoms. The summed E-state index contributed by atoms with van der Waals surface area (Å²) in [6.45, 7) is 0. The Kier molecular flexibility index (Phi) is 4.39. The number of rotatable bonds is 4. The molecule has 6 nitrogen and oxygen atoms in total. The fourth-order valence-corrected chi connectivity index (χ4v) is 1.91. The van der Waals surface area contributed by atoms with Crippen molar-refractivity contribution in [2.24, 2.45) is 0 Å². The average molecular weight is 297 g/mol. The van der Waals surface area contributed by atoms with Crippen molar-refractivity contribution in [2.75, 3.05) is 7.11 Å². The third-order valence-electron chi connectivity index (χ3n) is 2.86. The molecule has 0 radical (unpaired) electrons. The van der Waals surface area contributed by atoms with E-state index in [0.29, 0.717) is 16.3 Å². The minimum Gasteiger partial charge on any atom is -0.467 e. The largest absolute Gasteiger partial charge is 0.467 e. The number of hydrogen-bond donors (Lipinski definition) is 3. The van der Waals surface area contributed by atoms with Crippen molar-refractivity contribution in [3.8, 4) is 11.3 Å². The lowest BCUT2D eigenvalue weighted by molar-refractivity contribution is -0.156. The lowest BCUT2D eigenvalue weighted by Gasteiger charge is -2.15. The Labute approximate surface area is 120 Å². The Bertz CT molecular complexity index is 597. The number of aliphatic hydroxyl groups excluding tert-OH is 2. The first-order valence-corrected chi connectivity index (χ1v) is 6.15. The van der Waals surface area contributed by atoms with Crippen LogP contribution in [-0.2, 0) is 9.53 Å². The number of halogens is 1. The van der Waals surface area contributed by atoms with Crippen LogP contribution >= 0.6 is 11.6 Å². The third kappa shape index (κ3) is 2.82. The van der Waals surface area contributed by atoms with Gasteiger partial charge in [-0.15, -0.1) is 0 Å². The third-order valence-corrected chi connectivity index (χ3v) is 3.11. The van der Waals surface area contributed by atoms with Crippen LogP contribution in [-0.4, -0.2) is 39.6 Å². The van der Waals surface area contributed by atoms with Gasteiger partial charge in [-0.05, 0) is 12.1 Å². The van der Waals surface area contributed by atoms with Gasteiger partial charge < -0.3 is 14.9 Å². The molecule has 2 unspecified atom stereocenters. The fourth-order valence-electron chi connectivity index (χ4n) is 1.79. The summed E-state index contributed by atoms with van der Waals surface area (Å²) < 4.78 is 4.40. The maximum atomic E-state index is 11.3. The summed E-state index contributed by atoms with van der Waals surface area (Å²) in [6.07, 6.45) is -1.77. The minimum atomic E-state index is -1.68. The molecular weight excluding hydrogens is 284 g/mol. The highest BCUT2D eigenvalue weighted by Crippen LogP contribution is 2.29. The second kappa shape index (κ2) is 6.04. The van der Waals surface area contributed by atoms with Crippen LogP contribution in [0, 0.1) is 0 Å². The first kappa shape index (κ1) is 14.5. The maximum absolute atomic E-state index is 11.3. The van der Waals surface area contributed by atoms with Crippen LogP contribution < -0.4 is 0 Å². The topological polar surface area (TPSA) is 95.4 Å². The number of benzene rings is 1. The molecule has 106 valence electrons. The Morgan fingerprint density at radius 2 is 2.00 bits per heavy atom. The quantitative estimate of drug-likeness (QED) is 0.739. The number of nitrogens with one attached hydrogen (secondary N) is 1. The van der Waals surface area contributed by atoms with Gasteiger partial charge in [-0.25, -0.2) is 4.79 Å². The molecule has 7 heteroatoms. The molecule has 0 bridgehead atoms. The van der Waals surface area contributed by atoms with E-state index in [1.807, 2.05) is 0 Å². The summed E-state index contributed by atoms with van der Waals surface area (Å²) in [7, 11) is 1.13. The summed E-state index contributed by atoms with van der Waals surface area (Å²) in [5, 5.41) is 26.8. The molecule has 0 aliphatic carbocycles. The number of nitrogens with zero attached hydrogens (tertiary/aromatic N) is 1. The minimum absolute atomic E-state index is 0.297. The summed E-state index contributed by atoms with van der Waals surface area (Å²) in [5.74, 6) is -0.916. The number of carbonyl (C=O) groups excluding carboxylic acids is 1. The second-order valence-corrected chi connectivity index (χ2v) is 4.56. The number of hydrogen-bond acceptors (Lipinski definition) is 5. The predicted octanol–water partition coefficient (Wildman–Crippen LogP) is 1.30. The number of carbonyl (C=O) groups is 1. The Balaban J connectivity index is 2.33. The Morgan fingerprint density at radius 3 is 2.60 bits per heavy atom. The zero-order chi connectivity index (χ0) is 14.7. The molecule has 0 saturated heterocycles. The first-order chi connectivity index (χ1) is 9.54. The van der Waals surface area contributed by atoms with E-state index in [-0.39, 0.29) is 0 Å². The highest BCUT2D eigenvalue weighted by Gasteiger charge is 2.29. The monoisotopic (exact) mass is 296 g/mol. The second-order valence-electron chi connectivity index (χ2n) is 4.12. The SMILES string of the molecule is COC(=O)C(O)C(O)c1cn[nH]c1-c1ccc(Cl)cc1. The molecular formula is C13H13ClN2O4. The van der Waals surface area contributed by atoms with Gasteiger partial charge in [0.1, 0.15) is 6.10 Å². The molecule has 0 amide bonds. The van der Waals surface area contributed by atoms with Crippen molar-refractivity contribution in [2.45, 2.75) is 12.2 Å². The lowest BCUT2D eigenvalue weighted by atomic mass is 10.0. The van der Waals surface area contributed by atoms with Crippen molar-refractivity contribution in [1.29, 1.82) is 0 Å². The molecule has 1 heterocycles. The van der Waals surface area contributed by atoms with Crippen molar-refractivity contribution >= 4 is 17.6 Å². The summed E-state index contributed by atoms with van der Waals surface area (Å²) in [5.41, 5.74) is 1.51. The first-order valence-electron chi connectivity index (χ1n) is 5.77. The summed E-state index contributed by atoms with van der Waals surface area (Å²) >= 11 is 5.81. The molecule has 2 aromatic rings. The van der Waals surface area contributed by atoms with Crippen LogP contribution in [0.15, 0.2) is 30.5 Å². The van der Waals surface area contributed by atoms with E-state index >= 15 is 0 Å². The van der Waals surface area contributed by atoms with Crippen molar-refractivity contribution in [3.63, 3.8) is 0 Å². The van der Waals surface area contributed by atoms with Crippen molar-refractivity contribution in [1.82, 2.24) is 10.2 Å². The van der Waals surface area contributed by atoms with Crippen LogP contribution in [0.2, 0.25) is 5.02 Å². The number of H-pyrrole nitrogens is 1. The Hall–Kier alpha value is -1.89. The van der Waals surface area contributed by atoms with E-state index in [2.05, 4.69) is 14.9 Å². The van der Waals surface area contributed by atoms with E-state index in [1.54, 1.807) is 24.3 Å². The highest BCUT2D eigenvalue weighted by atomic mass is 35.5. The smallest absolute Gasteiger partial charge is 0.337 e. The molecule has 0 fully saturated rings. The summed E-state index contributed by atoms with van der Waals surface area (Å²) in [4.78, 5) is 11.3. The molecule has 2 rings (SSSR count). The van der Waals surface area contributed by atoms with Gasteiger partial charge in [0.25, 0.3) is 0 Å². The van der Waals surface area contributed by atoms with Gasteiger partial charge in [0.05, 0.1) is 19.0 Å². The fraction of sp³-hybridized carbons (Fsp3) is 0.231. The molecule has 0 saturated carbocycles. The van der Waals surface area contributed by atoms with Crippen molar-refractivity contribution in [3.05, 3.63) is 41.0 Å². The van der Waals surface area contributed by atoms with Crippen LogP contribution in [0.25, 0.3) is 11.3 Å². The van der Waals surface area contributed by atoms with Gasteiger partial charge >= 0.3 is 5.97 Å². The van der Waals surface area contributed by atoms with Crippen LogP contribution in [0.5, 0.6) is 0 Å². The highest BCUT2D eigenvalue weighted by molar-refractivity contribution is 6.30. The van der Waals surface area contributed by atoms with Crippen LogP contribution in [0.4, 0.5) is 0 Å². The van der Waals surface area contributed by atoms with Crippen molar-refractivity contribution < 1.29 is 19.7 Å². The number of methoxy groups -OCH3 is 1. The number of ether oxygens (including phenoxy) is 1. The lowest BCUT2D eigenvalue weighted by Crippen LogP contribution is -2.29. The molecule has 3 N–H and O–H groups in total. The van der Waals surface area contributed by atoms with Gasteiger partial charge in [0.2, 0.25) is 0 Å². The predicted molar refractivity (Wildman–Crippen MR) is 72.0 cm³/mol.